The average Bonchev–Trinajstić information content (AvgIpc) is 3.04. The van der Waals surface area contributed by atoms with Crippen LogP contribution in [0.15, 0.2) is 46.9 Å². The van der Waals surface area contributed by atoms with Gasteiger partial charge in [-0.05, 0) is 56.4 Å². The van der Waals surface area contributed by atoms with E-state index in [2.05, 4.69) is 39.9 Å². The molecule has 0 aliphatic carbocycles. The molecule has 1 heterocycles. The Kier molecular flexibility index (Phi) is 7.79. The van der Waals surface area contributed by atoms with Crippen LogP contribution in [0.3, 0.4) is 0 Å². The minimum absolute atomic E-state index is 0. The number of hydrogen-bond acceptors (Lipinski definition) is 4. The van der Waals surface area contributed by atoms with Gasteiger partial charge in [0.2, 0.25) is 0 Å². The lowest BCUT2D eigenvalue weighted by atomic mass is 10.2. The standard InChI is InChI=1S/C20H22BrN3OS.ClH/c1-4-14-8-9-17-18(12-14)26-20(22-17)24(11-10-23(2)3)19(25)15-6-5-7-16(21)13-15;/h5-9,12-13H,4,10-11H2,1-3H3;1H. The highest BCUT2D eigenvalue weighted by Crippen LogP contribution is 2.31. The van der Waals surface area contributed by atoms with Crippen molar-refractivity contribution in [3.8, 4) is 0 Å². The molecule has 0 spiro atoms. The van der Waals surface area contributed by atoms with Crippen LogP contribution < -0.4 is 4.90 Å². The molecule has 2 aromatic carbocycles. The van der Waals surface area contributed by atoms with Gasteiger partial charge in [-0.1, -0.05) is 46.3 Å². The fourth-order valence-electron chi connectivity index (χ4n) is 2.65. The molecule has 1 amide bonds. The van der Waals surface area contributed by atoms with Gasteiger partial charge in [-0.2, -0.15) is 0 Å². The fraction of sp³-hybridized carbons (Fsp3) is 0.300. The van der Waals surface area contributed by atoms with Gasteiger partial charge in [0, 0.05) is 23.1 Å². The number of anilines is 1. The number of nitrogens with zero attached hydrogens (tertiary/aromatic N) is 3. The van der Waals surface area contributed by atoms with Crippen molar-refractivity contribution in [2.45, 2.75) is 13.3 Å². The van der Waals surface area contributed by atoms with Gasteiger partial charge in [0.05, 0.1) is 10.2 Å². The van der Waals surface area contributed by atoms with Gasteiger partial charge in [-0.15, -0.1) is 12.4 Å². The third kappa shape index (κ3) is 5.29. The number of rotatable bonds is 6. The summed E-state index contributed by atoms with van der Waals surface area (Å²) in [5, 5.41) is 0.750. The molecule has 144 valence electrons. The van der Waals surface area contributed by atoms with Crippen LogP contribution in [0.1, 0.15) is 22.8 Å². The fourth-order valence-corrected chi connectivity index (χ4v) is 4.11. The van der Waals surface area contributed by atoms with Gasteiger partial charge in [-0.25, -0.2) is 4.98 Å². The van der Waals surface area contributed by atoms with Crippen molar-refractivity contribution in [1.82, 2.24) is 9.88 Å². The van der Waals surface area contributed by atoms with Crippen molar-refractivity contribution in [3.05, 3.63) is 58.1 Å². The van der Waals surface area contributed by atoms with Crippen LogP contribution in [0.25, 0.3) is 10.2 Å². The summed E-state index contributed by atoms with van der Waals surface area (Å²) in [6, 6.07) is 13.8. The Balaban J connectivity index is 0.00000261. The molecule has 0 N–H and O–H groups in total. The largest absolute Gasteiger partial charge is 0.308 e. The van der Waals surface area contributed by atoms with E-state index in [0.29, 0.717) is 12.1 Å². The summed E-state index contributed by atoms with van der Waals surface area (Å²) in [5.41, 5.74) is 2.89. The SMILES string of the molecule is CCc1ccc2nc(N(CCN(C)C)C(=O)c3cccc(Br)c3)sc2c1.Cl. The number of benzene rings is 2. The number of thiazole rings is 1. The Bertz CT molecular complexity index is 928. The molecule has 7 heteroatoms. The van der Waals surface area contributed by atoms with Crippen LogP contribution in [-0.4, -0.2) is 43.0 Å². The second-order valence-corrected chi connectivity index (χ2v) is 8.35. The first-order valence-corrected chi connectivity index (χ1v) is 10.2. The Hall–Kier alpha value is -1.47. The van der Waals surface area contributed by atoms with E-state index >= 15 is 0 Å². The molecular formula is C20H23BrClN3OS. The highest BCUT2D eigenvalue weighted by atomic mass is 79.9. The van der Waals surface area contributed by atoms with Gasteiger partial charge in [-0.3, -0.25) is 9.69 Å². The normalized spacial score (nSPS) is 10.9. The van der Waals surface area contributed by atoms with Crippen LogP contribution >= 0.6 is 39.7 Å². The maximum absolute atomic E-state index is 13.2. The first-order chi connectivity index (χ1) is 12.5. The molecule has 27 heavy (non-hydrogen) atoms. The summed E-state index contributed by atoms with van der Waals surface area (Å²) in [6.07, 6.45) is 0.991. The summed E-state index contributed by atoms with van der Waals surface area (Å²) in [5.74, 6) is -0.0251. The number of halogens is 2. The summed E-state index contributed by atoms with van der Waals surface area (Å²) in [4.78, 5) is 21.8. The lowest BCUT2D eigenvalue weighted by Crippen LogP contribution is -2.36. The van der Waals surface area contributed by atoms with E-state index in [4.69, 9.17) is 4.98 Å². The maximum atomic E-state index is 13.2. The van der Waals surface area contributed by atoms with Gasteiger partial charge in [0.1, 0.15) is 0 Å². The second-order valence-electron chi connectivity index (χ2n) is 6.42. The topological polar surface area (TPSA) is 36.4 Å². The van der Waals surface area contributed by atoms with Crippen LogP contribution in [0, 0.1) is 0 Å². The first kappa shape index (κ1) is 21.8. The maximum Gasteiger partial charge on any atom is 0.260 e. The molecule has 0 bridgehead atoms. The minimum Gasteiger partial charge on any atom is -0.308 e. The van der Waals surface area contributed by atoms with E-state index in [0.717, 1.165) is 32.8 Å². The smallest absolute Gasteiger partial charge is 0.260 e. The number of fused-ring (bicyclic) bond motifs is 1. The molecule has 0 atom stereocenters. The summed E-state index contributed by atoms with van der Waals surface area (Å²) in [6.45, 7) is 3.51. The minimum atomic E-state index is -0.0251. The van der Waals surface area contributed by atoms with Crippen molar-refractivity contribution >= 4 is 60.9 Å². The average molecular weight is 469 g/mol. The van der Waals surface area contributed by atoms with Crippen LogP contribution in [0.5, 0.6) is 0 Å². The zero-order chi connectivity index (χ0) is 18.7. The predicted molar refractivity (Wildman–Crippen MR) is 121 cm³/mol. The van der Waals surface area contributed by atoms with E-state index < -0.39 is 0 Å². The first-order valence-electron chi connectivity index (χ1n) is 8.59. The zero-order valence-corrected chi connectivity index (χ0v) is 18.8. The molecule has 0 unspecified atom stereocenters. The number of aryl methyl sites for hydroxylation is 1. The van der Waals surface area contributed by atoms with E-state index in [1.807, 2.05) is 44.4 Å². The molecule has 0 fully saturated rings. The van der Waals surface area contributed by atoms with Crippen molar-refractivity contribution in [1.29, 1.82) is 0 Å². The zero-order valence-electron chi connectivity index (χ0n) is 15.6. The molecule has 0 saturated carbocycles. The third-order valence-electron chi connectivity index (χ3n) is 4.17. The summed E-state index contributed by atoms with van der Waals surface area (Å²) >= 11 is 5.03. The summed E-state index contributed by atoms with van der Waals surface area (Å²) < 4.78 is 2.02. The molecule has 0 aliphatic rings. The Morgan fingerprint density at radius 2 is 1.93 bits per heavy atom. The lowest BCUT2D eigenvalue weighted by Gasteiger charge is -2.22. The van der Waals surface area contributed by atoms with Crippen LogP contribution in [0.2, 0.25) is 0 Å². The summed E-state index contributed by atoms with van der Waals surface area (Å²) in [7, 11) is 4.02. The predicted octanol–water partition coefficient (Wildman–Crippen LogP) is 5.25. The van der Waals surface area contributed by atoms with Crippen molar-refractivity contribution in [2.24, 2.45) is 0 Å². The van der Waals surface area contributed by atoms with E-state index in [-0.39, 0.29) is 18.3 Å². The molecule has 0 radical (unpaired) electrons. The molecule has 4 nitrogen and oxygen atoms in total. The Labute approximate surface area is 178 Å². The number of carbonyl (C=O) groups excluding carboxylic acids is 1. The van der Waals surface area contributed by atoms with E-state index in [1.54, 1.807) is 16.2 Å². The van der Waals surface area contributed by atoms with Gasteiger partial charge >= 0.3 is 0 Å². The van der Waals surface area contributed by atoms with E-state index in [9.17, 15) is 4.79 Å². The second kappa shape index (κ2) is 9.64. The monoisotopic (exact) mass is 467 g/mol. The van der Waals surface area contributed by atoms with Crippen molar-refractivity contribution in [3.63, 3.8) is 0 Å². The van der Waals surface area contributed by atoms with E-state index in [1.165, 1.54) is 5.56 Å². The number of likely N-dealkylation sites (N-methyl/N-ethyl adjacent to an activating group) is 1. The highest BCUT2D eigenvalue weighted by Gasteiger charge is 2.21. The van der Waals surface area contributed by atoms with Gasteiger partial charge in [0.15, 0.2) is 5.13 Å². The molecular weight excluding hydrogens is 446 g/mol. The van der Waals surface area contributed by atoms with Crippen molar-refractivity contribution in [2.75, 3.05) is 32.1 Å². The molecule has 1 aromatic heterocycles. The van der Waals surface area contributed by atoms with Crippen LogP contribution in [0.4, 0.5) is 5.13 Å². The quantitative estimate of drug-likeness (QED) is 0.495. The van der Waals surface area contributed by atoms with Crippen LogP contribution in [-0.2, 0) is 6.42 Å². The molecule has 3 aromatic rings. The van der Waals surface area contributed by atoms with Gasteiger partial charge < -0.3 is 4.90 Å². The Morgan fingerprint density at radius 1 is 1.15 bits per heavy atom. The Morgan fingerprint density at radius 3 is 2.59 bits per heavy atom. The van der Waals surface area contributed by atoms with Crippen molar-refractivity contribution < 1.29 is 4.79 Å². The molecule has 3 rings (SSSR count). The molecule has 0 aliphatic heterocycles. The number of hydrogen-bond donors (Lipinski definition) is 0. The number of aromatic nitrogens is 1. The number of carbonyl (C=O) groups is 1. The lowest BCUT2D eigenvalue weighted by molar-refractivity contribution is 0.0985. The number of amides is 1. The van der Waals surface area contributed by atoms with Gasteiger partial charge in [0.25, 0.3) is 5.91 Å². The highest BCUT2D eigenvalue weighted by molar-refractivity contribution is 9.10. The molecule has 0 saturated heterocycles. The third-order valence-corrected chi connectivity index (χ3v) is 5.70.